The second-order valence-electron chi connectivity index (χ2n) is 8.92. The van der Waals surface area contributed by atoms with E-state index in [4.69, 9.17) is 0 Å². The van der Waals surface area contributed by atoms with Crippen LogP contribution in [0.25, 0.3) is 0 Å². The standard InChI is InChI=1S/C25H31N3O3/c1-17-11-12-18(2)21(15-17)22-10-6-14-28(22)25(31)20-9-5-13-27(24(20)30)16-23(29)26-19-7-3-4-8-19/h5,9,11-13,15,19,22H,3-4,6-8,10,14,16H2,1-2H3,(H,26,29). The van der Waals surface area contributed by atoms with E-state index in [9.17, 15) is 14.4 Å². The Hall–Kier alpha value is -2.89. The van der Waals surface area contributed by atoms with Crippen molar-refractivity contribution < 1.29 is 9.59 Å². The first-order valence-electron chi connectivity index (χ1n) is 11.3. The first-order chi connectivity index (χ1) is 14.9. The zero-order chi connectivity index (χ0) is 22.0. The number of aryl methyl sites for hydroxylation is 2. The lowest BCUT2D eigenvalue weighted by Gasteiger charge is -2.26. The molecule has 6 nitrogen and oxygen atoms in total. The fraction of sp³-hybridized carbons (Fsp3) is 0.480. The van der Waals surface area contributed by atoms with Gasteiger partial charge in [0.1, 0.15) is 12.1 Å². The number of hydrogen-bond donors (Lipinski definition) is 1. The molecule has 164 valence electrons. The summed E-state index contributed by atoms with van der Waals surface area (Å²) < 4.78 is 1.35. The van der Waals surface area contributed by atoms with Crippen LogP contribution >= 0.6 is 0 Å². The predicted octanol–water partition coefficient (Wildman–Crippen LogP) is 3.50. The second kappa shape index (κ2) is 9.08. The molecule has 2 aliphatic rings. The van der Waals surface area contributed by atoms with Gasteiger partial charge in [0.15, 0.2) is 0 Å². The Morgan fingerprint density at radius 3 is 2.61 bits per heavy atom. The maximum atomic E-state index is 13.4. The molecule has 0 radical (unpaired) electrons. The molecule has 4 rings (SSSR count). The molecular formula is C25H31N3O3. The molecule has 1 saturated heterocycles. The first-order valence-corrected chi connectivity index (χ1v) is 11.3. The minimum Gasteiger partial charge on any atom is -0.352 e. The van der Waals surface area contributed by atoms with Gasteiger partial charge in [0, 0.05) is 18.8 Å². The van der Waals surface area contributed by atoms with Crippen LogP contribution in [0.3, 0.4) is 0 Å². The third-order valence-corrected chi connectivity index (χ3v) is 6.59. The predicted molar refractivity (Wildman–Crippen MR) is 120 cm³/mol. The van der Waals surface area contributed by atoms with E-state index in [1.807, 2.05) is 4.90 Å². The lowest BCUT2D eigenvalue weighted by Crippen LogP contribution is -2.40. The summed E-state index contributed by atoms with van der Waals surface area (Å²) in [7, 11) is 0. The molecule has 6 heteroatoms. The minimum absolute atomic E-state index is 0.0221. The summed E-state index contributed by atoms with van der Waals surface area (Å²) in [5.74, 6) is -0.424. The monoisotopic (exact) mass is 421 g/mol. The fourth-order valence-corrected chi connectivity index (χ4v) is 4.93. The van der Waals surface area contributed by atoms with E-state index >= 15 is 0 Å². The zero-order valence-corrected chi connectivity index (χ0v) is 18.4. The molecule has 1 atom stereocenters. The average molecular weight is 422 g/mol. The van der Waals surface area contributed by atoms with Crippen molar-refractivity contribution in [2.75, 3.05) is 6.54 Å². The highest BCUT2D eigenvalue weighted by Crippen LogP contribution is 2.35. The lowest BCUT2D eigenvalue weighted by molar-refractivity contribution is -0.122. The van der Waals surface area contributed by atoms with Gasteiger partial charge in [-0.2, -0.15) is 0 Å². The van der Waals surface area contributed by atoms with Gasteiger partial charge in [-0.25, -0.2) is 0 Å². The average Bonchev–Trinajstić information content (AvgIpc) is 3.43. The van der Waals surface area contributed by atoms with Crippen LogP contribution in [0.15, 0.2) is 41.3 Å². The summed E-state index contributed by atoms with van der Waals surface area (Å²) in [6, 6.07) is 9.75. The molecule has 31 heavy (non-hydrogen) atoms. The van der Waals surface area contributed by atoms with Crippen molar-refractivity contribution in [2.24, 2.45) is 0 Å². The van der Waals surface area contributed by atoms with Crippen molar-refractivity contribution in [2.45, 2.75) is 71.0 Å². The molecule has 1 saturated carbocycles. The van der Waals surface area contributed by atoms with Crippen LogP contribution in [0.1, 0.15) is 71.6 Å². The number of aromatic nitrogens is 1. The summed E-state index contributed by atoms with van der Waals surface area (Å²) >= 11 is 0. The minimum atomic E-state index is -0.402. The van der Waals surface area contributed by atoms with Gasteiger partial charge in [0.2, 0.25) is 5.91 Å². The summed E-state index contributed by atoms with van der Waals surface area (Å²) in [5.41, 5.74) is 3.20. The third-order valence-electron chi connectivity index (χ3n) is 6.59. The molecule has 2 heterocycles. The molecular weight excluding hydrogens is 390 g/mol. The topological polar surface area (TPSA) is 71.4 Å². The molecule has 2 amide bonds. The number of carbonyl (C=O) groups is 2. The van der Waals surface area contributed by atoms with Gasteiger partial charge in [-0.05, 0) is 62.8 Å². The molecule has 1 unspecified atom stereocenters. The smallest absolute Gasteiger partial charge is 0.263 e. The van der Waals surface area contributed by atoms with Gasteiger partial charge in [0.25, 0.3) is 11.5 Å². The molecule has 1 aliphatic carbocycles. The normalized spacial score (nSPS) is 19.0. The molecule has 2 aromatic rings. The van der Waals surface area contributed by atoms with E-state index in [0.717, 1.165) is 55.2 Å². The van der Waals surface area contributed by atoms with Crippen LogP contribution < -0.4 is 10.9 Å². The molecule has 0 spiro atoms. The van der Waals surface area contributed by atoms with Crippen LogP contribution in [0.2, 0.25) is 0 Å². The Kier molecular flexibility index (Phi) is 6.25. The molecule has 1 aromatic carbocycles. The van der Waals surface area contributed by atoms with Crippen molar-refractivity contribution in [1.82, 2.24) is 14.8 Å². The summed E-state index contributed by atoms with van der Waals surface area (Å²) in [4.78, 5) is 40.6. The number of hydrogen-bond acceptors (Lipinski definition) is 3. The van der Waals surface area contributed by atoms with Crippen LogP contribution in [-0.2, 0) is 11.3 Å². The van der Waals surface area contributed by atoms with Crippen LogP contribution in [0.4, 0.5) is 0 Å². The van der Waals surface area contributed by atoms with Gasteiger partial charge in [-0.3, -0.25) is 14.4 Å². The van der Waals surface area contributed by atoms with E-state index in [2.05, 4.69) is 37.4 Å². The van der Waals surface area contributed by atoms with Gasteiger partial charge < -0.3 is 14.8 Å². The first kappa shape index (κ1) is 21.3. The van der Waals surface area contributed by atoms with Gasteiger partial charge in [0.05, 0.1) is 6.04 Å². The van der Waals surface area contributed by atoms with Crippen molar-refractivity contribution in [3.8, 4) is 0 Å². The number of amides is 2. The maximum Gasteiger partial charge on any atom is 0.263 e. The molecule has 2 fully saturated rings. The Labute approximate surface area is 183 Å². The van der Waals surface area contributed by atoms with Crippen molar-refractivity contribution in [1.29, 1.82) is 0 Å². The van der Waals surface area contributed by atoms with Crippen molar-refractivity contribution in [3.63, 3.8) is 0 Å². The maximum absolute atomic E-state index is 13.4. The van der Waals surface area contributed by atoms with E-state index < -0.39 is 5.56 Å². The lowest BCUT2D eigenvalue weighted by atomic mass is 9.97. The Morgan fingerprint density at radius 2 is 1.84 bits per heavy atom. The SMILES string of the molecule is Cc1ccc(C)c(C2CCCN2C(=O)c2cccn(CC(=O)NC3CCCC3)c2=O)c1. The van der Waals surface area contributed by atoms with Crippen LogP contribution in [0.5, 0.6) is 0 Å². The van der Waals surface area contributed by atoms with Crippen LogP contribution in [0, 0.1) is 13.8 Å². The highest BCUT2D eigenvalue weighted by Gasteiger charge is 2.32. The molecule has 0 bridgehead atoms. The molecule has 1 N–H and O–H groups in total. The zero-order valence-electron chi connectivity index (χ0n) is 18.4. The highest BCUT2D eigenvalue weighted by molar-refractivity contribution is 5.94. The van der Waals surface area contributed by atoms with Crippen LogP contribution in [-0.4, -0.2) is 33.9 Å². The van der Waals surface area contributed by atoms with Gasteiger partial charge in [-0.1, -0.05) is 36.6 Å². The van der Waals surface area contributed by atoms with E-state index in [-0.39, 0.29) is 36.0 Å². The summed E-state index contributed by atoms with van der Waals surface area (Å²) in [5, 5.41) is 3.00. The van der Waals surface area contributed by atoms with Crippen molar-refractivity contribution >= 4 is 11.8 Å². The number of rotatable bonds is 5. The van der Waals surface area contributed by atoms with E-state index in [1.165, 1.54) is 4.57 Å². The second-order valence-corrected chi connectivity index (χ2v) is 8.92. The summed E-state index contributed by atoms with van der Waals surface area (Å²) in [6.45, 7) is 4.69. The quantitative estimate of drug-likeness (QED) is 0.803. The van der Waals surface area contributed by atoms with Gasteiger partial charge in [-0.15, -0.1) is 0 Å². The number of carbonyl (C=O) groups excluding carboxylic acids is 2. The molecule has 1 aromatic heterocycles. The fourth-order valence-electron chi connectivity index (χ4n) is 4.93. The number of likely N-dealkylation sites (tertiary alicyclic amines) is 1. The third kappa shape index (κ3) is 4.58. The largest absolute Gasteiger partial charge is 0.352 e. The number of benzene rings is 1. The van der Waals surface area contributed by atoms with Gasteiger partial charge >= 0.3 is 0 Å². The summed E-state index contributed by atoms with van der Waals surface area (Å²) in [6.07, 6.45) is 7.63. The Morgan fingerprint density at radius 1 is 1.06 bits per heavy atom. The Balaban J connectivity index is 1.54. The van der Waals surface area contributed by atoms with E-state index in [0.29, 0.717) is 6.54 Å². The number of nitrogens with zero attached hydrogens (tertiary/aromatic N) is 2. The number of nitrogens with one attached hydrogen (secondary N) is 1. The highest BCUT2D eigenvalue weighted by atomic mass is 16.2. The van der Waals surface area contributed by atoms with Crippen molar-refractivity contribution in [3.05, 3.63) is 69.1 Å². The number of pyridine rings is 1. The Bertz CT molecular complexity index is 1040. The molecule has 1 aliphatic heterocycles. The van der Waals surface area contributed by atoms with E-state index in [1.54, 1.807) is 18.3 Å².